The Bertz CT molecular complexity index is 6850. The van der Waals surface area contributed by atoms with E-state index in [0.717, 1.165) is 0 Å². The number of fused-ring (bicyclic) bond motifs is 22. The molecule has 3 heterocycles. The third-order valence-corrected chi connectivity index (χ3v) is 20.9. The number of hydrogen-bond donors (Lipinski definition) is 0. The second-order valence-electron chi connectivity index (χ2n) is 26.2. The van der Waals surface area contributed by atoms with Gasteiger partial charge in [0.25, 0.3) is 0 Å². The van der Waals surface area contributed by atoms with Crippen LogP contribution in [-0.4, -0.2) is 13.7 Å². The van der Waals surface area contributed by atoms with E-state index in [2.05, 4.69) is 350 Å². The van der Waals surface area contributed by atoms with Gasteiger partial charge in [-0.15, -0.1) is 50.5 Å². The van der Waals surface area contributed by atoms with Crippen molar-refractivity contribution >= 4 is 152 Å². The molecule has 0 spiro atoms. The molecule has 3 nitrogen and oxygen atoms in total. The maximum Gasteiger partial charge on any atom is 0.0568 e. The molecular formula is C95H62N3Y3-3. The van der Waals surface area contributed by atoms with E-state index in [0.29, 0.717) is 0 Å². The van der Waals surface area contributed by atoms with Gasteiger partial charge in [-0.05, 0) is 125 Å². The smallest absolute Gasteiger partial charge is 0.0568 e. The molecule has 101 heavy (non-hydrogen) atoms. The number of benzene rings is 18. The normalized spacial score (nSPS) is 11.5. The van der Waals surface area contributed by atoms with Crippen molar-refractivity contribution in [2.24, 2.45) is 21.1 Å². The summed E-state index contributed by atoms with van der Waals surface area (Å²) in [4.78, 5) is 0. The summed E-state index contributed by atoms with van der Waals surface area (Å²) in [6.07, 6.45) is 0. The Labute approximate surface area is 661 Å². The molecule has 3 radical (unpaired) electrons. The number of hydrogen-bond acceptors (Lipinski definition) is 0. The monoisotopic (exact) mass is 1510 g/mol. The Kier molecular flexibility index (Phi) is 17.9. The first-order valence-corrected chi connectivity index (χ1v) is 33.7. The molecule has 0 saturated carbocycles. The topological polar surface area (TPSA) is 14.8 Å². The Hall–Kier alpha value is -9.25. The van der Waals surface area contributed by atoms with E-state index in [1.165, 1.54) is 196 Å². The molecule has 469 valence electrons. The van der Waals surface area contributed by atoms with Gasteiger partial charge < -0.3 is 13.7 Å². The van der Waals surface area contributed by atoms with Crippen LogP contribution in [0.5, 0.6) is 0 Å². The molecule has 21 aromatic rings. The third kappa shape index (κ3) is 11.1. The maximum atomic E-state index is 3.27. The van der Waals surface area contributed by atoms with Crippen molar-refractivity contribution < 1.29 is 98.1 Å². The molecule has 3 aromatic heterocycles. The van der Waals surface area contributed by atoms with Gasteiger partial charge in [-0.25, -0.2) is 0 Å². The fourth-order valence-electron chi connectivity index (χ4n) is 16.3. The van der Waals surface area contributed by atoms with Crippen LogP contribution in [0.3, 0.4) is 0 Å². The van der Waals surface area contributed by atoms with Crippen LogP contribution < -0.4 is 0 Å². The summed E-state index contributed by atoms with van der Waals surface area (Å²) >= 11 is 0. The molecule has 0 aliphatic carbocycles. The van der Waals surface area contributed by atoms with E-state index in [1.54, 1.807) is 0 Å². The standard InChI is InChI=1S/C33H22N.2C31H20N.3Y/c1-34-32-13-7-6-11-28(32)31-21-30(27-10-4-5-12-29(27)33(31)34)24-17-14-23(15-18-24)26-19-16-22-8-2-3-9-25(22)20-26;1-32-30-17-9-8-15-25(30)29-19-28(24-14-6-7-16-26(24)31(29)32)27-18-20-10-2-3-11-21(20)22-12-4-5-13-23(22)27;1-32-30-13-7-6-11-26(30)29-19-28(25-10-4-5-12-27(25)31(29)32)22-16-17-24-21(18-22)15-14-20-8-2-3-9-23(20)24;;;/h3-21H,1H3;2*3-19H,1H3;;;/q3*-1;;;. The zero-order valence-corrected chi connectivity index (χ0v) is 64.7. The fraction of sp³-hybridized carbons (Fsp3) is 0.0316. The van der Waals surface area contributed by atoms with Crippen LogP contribution in [0.15, 0.2) is 322 Å². The Morgan fingerprint density at radius 2 is 0.535 bits per heavy atom. The first-order chi connectivity index (χ1) is 48.4. The molecule has 0 aliphatic heterocycles. The zero-order chi connectivity index (χ0) is 65.1. The SMILES string of the molecule is Cn1c2ccccc2c2cc(-c3cc4c[c-]ccc4c4ccccc34)c3ccccc3c21.Cn1c2ccccc2c2cc(-c3ccc(-c4ccc5c[c-]ccc5c4)cc3)c3ccccc3c21.Cn1c2ccccc2c2cc(-c3ccc4c(ccc5c[c-]ccc54)c3)c3ccccc3c21.[Y].[Y].[Y]. The predicted molar refractivity (Wildman–Crippen MR) is 420 cm³/mol. The molecule has 18 aromatic carbocycles. The fourth-order valence-corrected chi connectivity index (χ4v) is 16.3. The second kappa shape index (κ2) is 27.3. The van der Waals surface area contributed by atoms with Crippen LogP contribution >= 0.6 is 0 Å². The van der Waals surface area contributed by atoms with E-state index >= 15 is 0 Å². The van der Waals surface area contributed by atoms with Crippen LogP contribution in [0.4, 0.5) is 0 Å². The van der Waals surface area contributed by atoms with Crippen LogP contribution in [0.25, 0.3) is 196 Å². The van der Waals surface area contributed by atoms with Gasteiger partial charge in [-0.3, -0.25) is 0 Å². The predicted octanol–water partition coefficient (Wildman–Crippen LogP) is 25.3. The summed E-state index contributed by atoms with van der Waals surface area (Å²) in [5.41, 5.74) is 17.8. The minimum Gasteiger partial charge on any atom is -0.343 e. The summed E-state index contributed by atoms with van der Waals surface area (Å²) in [6.45, 7) is 0. The van der Waals surface area contributed by atoms with Gasteiger partial charge >= 0.3 is 0 Å². The van der Waals surface area contributed by atoms with Crippen molar-refractivity contribution in [3.05, 3.63) is 340 Å². The van der Waals surface area contributed by atoms with Crippen molar-refractivity contribution in [1.29, 1.82) is 0 Å². The molecule has 6 heteroatoms. The van der Waals surface area contributed by atoms with Gasteiger partial charge in [0.05, 0.1) is 16.6 Å². The Morgan fingerprint density at radius 1 is 0.198 bits per heavy atom. The molecule has 0 N–H and O–H groups in total. The van der Waals surface area contributed by atoms with Gasteiger partial charge in [-0.1, -0.05) is 206 Å². The number of para-hydroxylation sites is 3. The van der Waals surface area contributed by atoms with Crippen LogP contribution in [-0.2, 0) is 119 Å². The second-order valence-corrected chi connectivity index (χ2v) is 26.2. The largest absolute Gasteiger partial charge is 0.343 e. The minimum absolute atomic E-state index is 0. The third-order valence-electron chi connectivity index (χ3n) is 20.9. The van der Waals surface area contributed by atoms with E-state index in [1.807, 2.05) is 24.3 Å². The molecular weight excluding hydrogens is 1450 g/mol. The maximum absolute atomic E-state index is 3.27. The summed E-state index contributed by atoms with van der Waals surface area (Å²) in [7, 11) is 6.53. The van der Waals surface area contributed by atoms with Crippen molar-refractivity contribution in [2.75, 3.05) is 0 Å². The molecule has 0 aliphatic rings. The van der Waals surface area contributed by atoms with Crippen molar-refractivity contribution in [2.45, 2.75) is 0 Å². The molecule has 0 saturated heterocycles. The number of aryl methyl sites for hydroxylation is 3. The number of nitrogens with zero attached hydrogens (tertiary/aromatic N) is 3. The molecule has 0 fully saturated rings. The van der Waals surface area contributed by atoms with E-state index in [4.69, 9.17) is 0 Å². The molecule has 0 amide bonds. The van der Waals surface area contributed by atoms with Crippen LogP contribution in [0, 0.1) is 18.2 Å². The van der Waals surface area contributed by atoms with Crippen LogP contribution in [0.1, 0.15) is 0 Å². The van der Waals surface area contributed by atoms with Gasteiger partial charge in [0.1, 0.15) is 0 Å². The summed E-state index contributed by atoms with van der Waals surface area (Å²) in [6, 6.07) is 126. The number of rotatable bonds is 4. The minimum atomic E-state index is 0. The quantitative estimate of drug-likeness (QED) is 0.123. The van der Waals surface area contributed by atoms with Gasteiger partial charge in [0.2, 0.25) is 0 Å². The van der Waals surface area contributed by atoms with E-state index in [9.17, 15) is 0 Å². The first kappa shape index (κ1) is 66.3. The van der Waals surface area contributed by atoms with Gasteiger partial charge in [0.15, 0.2) is 0 Å². The van der Waals surface area contributed by atoms with Gasteiger partial charge in [-0.2, -0.15) is 72.8 Å². The molecule has 21 rings (SSSR count). The zero-order valence-electron chi connectivity index (χ0n) is 56.2. The Balaban J connectivity index is 0.000000116. The molecule has 0 bridgehead atoms. The average molecular weight is 1510 g/mol. The van der Waals surface area contributed by atoms with E-state index < -0.39 is 0 Å². The molecule has 0 unspecified atom stereocenters. The summed E-state index contributed by atoms with van der Waals surface area (Å²) < 4.78 is 7.00. The average Bonchev–Trinajstić information content (AvgIpc) is 1.66. The summed E-state index contributed by atoms with van der Waals surface area (Å²) in [5.74, 6) is 0. The van der Waals surface area contributed by atoms with Crippen LogP contribution in [0.2, 0.25) is 0 Å². The first-order valence-electron chi connectivity index (χ1n) is 33.7. The van der Waals surface area contributed by atoms with Crippen molar-refractivity contribution in [3.63, 3.8) is 0 Å². The molecule has 0 atom stereocenters. The van der Waals surface area contributed by atoms with Gasteiger partial charge in [0, 0.05) is 184 Å². The van der Waals surface area contributed by atoms with E-state index in [-0.39, 0.29) is 98.1 Å². The van der Waals surface area contributed by atoms with Crippen molar-refractivity contribution in [3.8, 4) is 44.5 Å². The summed E-state index contributed by atoms with van der Waals surface area (Å²) in [5, 5.41) is 28.2. The number of aromatic nitrogens is 3. The van der Waals surface area contributed by atoms with Crippen molar-refractivity contribution in [1.82, 2.24) is 13.7 Å². The Morgan fingerprint density at radius 3 is 1.07 bits per heavy atom.